The molecule has 0 amide bonds. The molecule has 1 atom stereocenters. The normalized spacial score (nSPS) is 17.0. The van der Waals surface area contributed by atoms with Gasteiger partial charge in [-0.2, -0.15) is 0 Å². The fraction of sp³-hybridized carbons (Fsp3) is 0.500. The van der Waals surface area contributed by atoms with E-state index in [2.05, 4.69) is 50.4 Å². The van der Waals surface area contributed by atoms with Crippen molar-refractivity contribution in [2.24, 2.45) is 0 Å². The lowest BCUT2D eigenvalue weighted by Gasteiger charge is -2.26. The van der Waals surface area contributed by atoms with Crippen molar-refractivity contribution in [1.82, 2.24) is 0 Å². The average Bonchev–Trinajstić information content (AvgIpc) is 3.66. The van der Waals surface area contributed by atoms with Crippen LogP contribution in [0.25, 0.3) is 11.1 Å². The van der Waals surface area contributed by atoms with Gasteiger partial charge in [0.1, 0.15) is 0 Å². The molecule has 2 saturated carbocycles. The Bertz CT molecular complexity index is 957. The number of aryl methyl sites for hydroxylation is 2. The van der Waals surface area contributed by atoms with Crippen molar-refractivity contribution in [3.63, 3.8) is 0 Å². The van der Waals surface area contributed by atoms with Gasteiger partial charge in [-0.1, -0.05) is 25.1 Å². The van der Waals surface area contributed by atoms with Crippen LogP contribution in [0.1, 0.15) is 72.4 Å². The molecule has 0 aromatic heterocycles. The van der Waals surface area contributed by atoms with Crippen molar-refractivity contribution in [2.75, 3.05) is 19.5 Å². The Morgan fingerprint density at radius 2 is 1.90 bits per heavy atom. The van der Waals surface area contributed by atoms with E-state index in [1.807, 2.05) is 7.05 Å². The molecule has 0 saturated heterocycles. The third-order valence-electron chi connectivity index (χ3n) is 6.50. The third kappa shape index (κ3) is 3.98. The van der Waals surface area contributed by atoms with Crippen LogP contribution < -0.4 is 5.32 Å². The molecule has 0 aliphatic heterocycles. The number of hydrogen-bond donors (Lipinski definition) is 1. The lowest BCUT2D eigenvalue weighted by atomic mass is 9.84. The minimum absolute atomic E-state index is 0.146. The molecule has 0 heterocycles. The highest BCUT2D eigenvalue weighted by atomic mass is 16.6. The molecule has 1 unspecified atom stereocenters. The highest BCUT2D eigenvalue weighted by Crippen LogP contribution is 2.50. The van der Waals surface area contributed by atoms with Gasteiger partial charge in [0.25, 0.3) is 0 Å². The zero-order chi connectivity index (χ0) is 21.4. The second-order valence-electron chi connectivity index (χ2n) is 8.68. The van der Waals surface area contributed by atoms with E-state index in [0.29, 0.717) is 5.92 Å². The van der Waals surface area contributed by atoms with E-state index in [-0.39, 0.29) is 12.1 Å². The zero-order valence-corrected chi connectivity index (χ0v) is 18.8. The monoisotopic (exact) mass is 407 g/mol. The van der Waals surface area contributed by atoms with Crippen LogP contribution in [-0.2, 0) is 20.7 Å². The van der Waals surface area contributed by atoms with Crippen LogP contribution in [0.15, 0.2) is 24.3 Å². The largest absolute Gasteiger partial charge is 0.467 e. The minimum Gasteiger partial charge on any atom is -0.467 e. The van der Waals surface area contributed by atoms with Crippen LogP contribution >= 0.6 is 0 Å². The van der Waals surface area contributed by atoms with E-state index >= 15 is 0 Å². The Morgan fingerprint density at radius 3 is 2.47 bits per heavy atom. The van der Waals surface area contributed by atoms with Gasteiger partial charge in [0.15, 0.2) is 6.10 Å². The molecular weight excluding hydrogens is 374 g/mol. The maximum Gasteiger partial charge on any atom is 0.339 e. The molecule has 1 N–H and O–H groups in total. The van der Waals surface area contributed by atoms with E-state index in [4.69, 9.17) is 9.47 Å². The van der Waals surface area contributed by atoms with Crippen molar-refractivity contribution < 1.29 is 14.3 Å². The van der Waals surface area contributed by atoms with Gasteiger partial charge in [-0.3, -0.25) is 0 Å². The Morgan fingerprint density at radius 1 is 1.17 bits per heavy atom. The number of carbonyl (C=O) groups is 1. The molecule has 0 spiro atoms. The summed E-state index contributed by atoms with van der Waals surface area (Å²) in [6.45, 7) is 6.44. The molecule has 2 fully saturated rings. The van der Waals surface area contributed by atoms with Crippen LogP contribution in [0.2, 0.25) is 0 Å². The molecule has 2 aromatic carbocycles. The van der Waals surface area contributed by atoms with Gasteiger partial charge in [-0.25, -0.2) is 4.79 Å². The average molecular weight is 408 g/mol. The summed E-state index contributed by atoms with van der Waals surface area (Å²) < 4.78 is 11.5. The molecule has 0 bridgehead atoms. The van der Waals surface area contributed by atoms with Crippen LogP contribution in [0.4, 0.5) is 5.69 Å². The van der Waals surface area contributed by atoms with Crippen LogP contribution in [0.5, 0.6) is 0 Å². The fourth-order valence-electron chi connectivity index (χ4n) is 4.40. The Hall–Kier alpha value is -2.33. The third-order valence-corrected chi connectivity index (χ3v) is 6.50. The summed E-state index contributed by atoms with van der Waals surface area (Å²) in [6.07, 6.45) is 4.83. The van der Waals surface area contributed by atoms with Gasteiger partial charge >= 0.3 is 5.97 Å². The topological polar surface area (TPSA) is 47.6 Å². The molecule has 30 heavy (non-hydrogen) atoms. The zero-order valence-electron chi connectivity index (χ0n) is 18.8. The second-order valence-corrected chi connectivity index (χ2v) is 8.68. The number of esters is 1. The SMILES string of the molecule is CCc1cc(-c2c(C3CC3)cc(NC)c(C)c2C(OC2CC2)C(=O)OC)ccc1C. The fourth-order valence-corrected chi connectivity index (χ4v) is 4.40. The summed E-state index contributed by atoms with van der Waals surface area (Å²) in [5.41, 5.74) is 9.39. The summed E-state index contributed by atoms with van der Waals surface area (Å²) in [7, 11) is 3.39. The summed E-state index contributed by atoms with van der Waals surface area (Å²) in [6, 6.07) is 8.97. The van der Waals surface area contributed by atoms with E-state index < -0.39 is 6.10 Å². The van der Waals surface area contributed by atoms with Gasteiger partial charge in [0.2, 0.25) is 0 Å². The number of ether oxygens (including phenoxy) is 2. The lowest BCUT2D eigenvalue weighted by molar-refractivity contribution is -0.155. The Kier molecular flexibility index (Phi) is 5.88. The molecule has 0 radical (unpaired) electrons. The van der Waals surface area contributed by atoms with Gasteiger partial charge < -0.3 is 14.8 Å². The van der Waals surface area contributed by atoms with E-state index in [1.54, 1.807) is 0 Å². The van der Waals surface area contributed by atoms with Crippen LogP contribution in [-0.4, -0.2) is 26.2 Å². The smallest absolute Gasteiger partial charge is 0.339 e. The number of hydrogen-bond acceptors (Lipinski definition) is 4. The molecule has 160 valence electrons. The quantitative estimate of drug-likeness (QED) is 0.558. The first kappa shape index (κ1) is 20.9. The second kappa shape index (κ2) is 8.43. The van der Waals surface area contributed by atoms with Crippen molar-refractivity contribution in [2.45, 2.75) is 71.0 Å². The number of benzene rings is 2. The van der Waals surface area contributed by atoms with Crippen LogP contribution in [0.3, 0.4) is 0 Å². The highest BCUT2D eigenvalue weighted by molar-refractivity contribution is 5.86. The molecule has 4 rings (SSSR count). The summed E-state index contributed by atoms with van der Waals surface area (Å²) in [5, 5.41) is 3.34. The van der Waals surface area contributed by atoms with Crippen molar-refractivity contribution >= 4 is 11.7 Å². The Labute approximate surface area is 180 Å². The van der Waals surface area contributed by atoms with E-state index in [9.17, 15) is 4.79 Å². The van der Waals surface area contributed by atoms with Crippen molar-refractivity contribution in [3.05, 3.63) is 52.1 Å². The number of nitrogens with one attached hydrogen (secondary N) is 1. The minimum atomic E-state index is -0.699. The first-order valence-corrected chi connectivity index (χ1v) is 11.2. The summed E-state index contributed by atoms with van der Waals surface area (Å²) in [5.74, 6) is 0.223. The van der Waals surface area contributed by atoms with E-state index in [1.165, 1.54) is 47.8 Å². The van der Waals surface area contributed by atoms with E-state index in [0.717, 1.165) is 36.1 Å². The molecular formula is C26H33NO3. The van der Waals surface area contributed by atoms with Gasteiger partial charge in [-0.15, -0.1) is 0 Å². The van der Waals surface area contributed by atoms with Gasteiger partial charge in [-0.05, 0) is 91.3 Å². The number of methoxy groups -OCH3 is 1. The predicted octanol–water partition coefficient (Wildman–Crippen LogP) is 5.85. The number of carbonyl (C=O) groups excluding carboxylic acids is 1. The summed E-state index contributed by atoms with van der Waals surface area (Å²) >= 11 is 0. The van der Waals surface area contributed by atoms with Crippen molar-refractivity contribution in [1.29, 1.82) is 0 Å². The molecule has 4 nitrogen and oxygen atoms in total. The standard InChI is InChI=1S/C26H33NO3/c1-6-17-13-19(8-7-15(17)2)24-21(18-9-10-18)14-22(27-4)16(3)23(24)25(26(28)29-5)30-20-11-12-20/h7-8,13-14,18,20,25,27H,6,9-12H2,1-5H3. The Balaban J connectivity index is 1.98. The number of anilines is 1. The molecule has 2 aliphatic rings. The van der Waals surface area contributed by atoms with Gasteiger partial charge in [0, 0.05) is 18.3 Å². The number of rotatable bonds is 8. The lowest BCUT2D eigenvalue weighted by Crippen LogP contribution is -2.21. The molecule has 2 aromatic rings. The first-order valence-electron chi connectivity index (χ1n) is 11.2. The first-order chi connectivity index (χ1) is 14.5. The molecule has 2 aliphatic carbocycles. The molecule has 4 heteroatoms. The maximum atomic E-state index is 12.9. The van der Waals surface area contributed by atoms with Crippen LogP contribution in [0, 0.1) is 13.8 Å². The highest BCUT2D eigenvalue weighted by Gasteiger charge is 2.37. The van der Waals surface area contributed by atoms with Crippen molar-refractivity contribution in [3.8, 4) is 11.1 Å². The predicted molar refractivity (Wildman–Crippen MR) is 121 cm³/mol. The van der Waals surface area contributed by atoms with Gasteiger partial charge in [0.05, 0.1) is 13.2 Å². The maximum absolute atomic E-state index is 12.9. The summed E-state index contributed by atoms with van der Waals surface area (Å²) in [4.78, 5) is 12.9.